The molecular formula is C20H21Cl2N3O2. The zero-order valence-electron chi connectivity index (χ0n) is 14.8. The number of benzene rings is 2. The van der Waals surface area contributed by atoms with Gasteiger partial charge in [-0.25, -0.2) is 0 Å². The highest BCUT2D eigenvalue weighted by atomic mass is 35.5. The Hall–Kier alpha value is -2.08. The van der Waals surface area contributed by atoms with E-state index < -0.39 is 0 Å². The van der Waals surface area contributed by atoms with Gasteiger partial charge in [0.1, 0.15) is 0 Å². The Morgan fingerprint density at radius 2 is 1.67 bits per heavy atom. The van der Waals surface area contributed by atoms with Gasteiger partial charge in [-0.1, -0.05) is 53.5 Å². The molecule has 2 amide bonds. The summed E-state index contributed by atoms with van der Waals surface area (Å²) in [4.78, 5) is 28.6. The predicted molar refractivity (Wildman–Crippen MR) is 107 cm³/mol. The van der Waals surface area contributed by atoms with Crippen LogP contribution in [0.25, 0.3) is 0 Å². The van der Waals surface area contributed by atoms with Crippen LogP contribution in [0.5, 0.6) is 0 Å². The molecule has 7 heteroatoms. The number of halogens is 2. The lowest BCUT2D eigenvalue weighted by molar-refractivity contribution is -0.122. The van der Waals surface area contributed by atoms with Crippen molar-refractivity contribution >= 4 is 35.0 Å². The van der Waals surface area contributed by atoms with Crippen LogP contribution < -0.4 is 5.32 Å². The van der Waals surface area contributed by atoms with Crippen LogP contribution in [0.4, 0.5) is 0 Å². The van der Waals surface area contributed by atoms with Crippen molar-refractivity contribution in [2.75, 3.05) is 32.7 Å². The van der Waals surface area contributed by atoms with Crippen molar-refractivity contribution in [1.82, 2.24) is 15.1 Å². The number of hydrogen-bond acceptors (Lipinski definition) is 3. The zero-order chi connectivity index (χ0) is 19.2. The van der Waals surface area contributed by atoms with E-state index in [0.717, 1.165) is 5.56 Å². The predicted octanol–water partition coefficient (Wildman–Crippen LogP) is 3.07. The molecule has 2 aromatic carbocycles. The van der Waals surface area contributed by atoms with E-state index in [1.807, 2.05) is 35.2 Å². The normalized spacial score (nSPS) is 14.8. The molecule has 142 valence electrons. The molecule has 2 aromatic rings. The number of carbonyl (C=O) groups excluding carboxylic acids is 2. The highest BCUT2D eigenvalue weighted by Crippen LogP contribution is 2.22. The molecule has 3 rings (SSSR count). The number of nitrogens with zero attached hydrogens (tertiary/aromatic N) is 2. The van der Waals surface area contributed by atoms with Gasteiger partial charge in [-0.3, -0.25) is 14.5 Å². The summed E-state index contributed by atoms with van der Waals surface area (Å²) >= 11 is 12.0. The Labute approximate surface area is 168 Å². The van der Waals surface area contributed by atoms with Crippen molar-refractivity contribution in [3.63, 3.8) is 0 Å². The monoisotopic (exact) mass is 405 g/mol. The van der Waals surface area contributed by atoms with E-state index in [2.05, 4.69) is 5.32 Å². The van der Waals surface area contributed by atoms with Gasteiger partial charge in [0.05, 0.1) is 17.1 Å². The molecule has 5 nitrogen and oxygen atoms in total. The summed E-state index contributed by atoms with van der Waals surface area (Å²) in [6.07, 6.45) is 0. The lowest BCUT2D eigenvalue weighted by atomic mass is 10.1. The minimum atomic E-state index is -0.107. The molecule has 1 fully saturated rings. The fourth-order valence-electron chi connectivity index (χ4n) is 3.00. The molecule has 1 N–H and O–H groups in total. The third-order valence-corrected chi connectivity index (χ3v) is 5.07. The Balaban J connectivity index is 1.45. The minimum Gasteiger partial charge on any atom is -0.351 e. The van der Waals surface area contributed by atoms with Gasteiger partial charge >= 0.3 is 0 Å². The van der Waals surface area contributed by atoms with Crippen LogP contribution in [0.3, 0.4) is 0 Å². The average Bonchev–Trinajstić information content (AvgIpc) is 2.67. The highest BCUT2D eigenvalue weighted by molar-refractivity contribution is 6.36. The van der Waals surface area contributed by atoms with E-state index in [-0.39, 0.29) is 11.8 Å². The van der Waals surface area contributed by atoms with Crippen molar-refractivity contribution in [3.8, 4) is 0 Å². The standard InChI is InChI=1S/C20H21Cl2N3O2/c21-16-6-7-17(18(22)12-16)20(27)25-10-8-24(9-11-25)14-19(26)23-13-15-4-2-1-3-5-15/h1-7,12H,8-11,13-14H2,(H,23,26). The van der Waals surface area contributed by atoms with E-state index in [4.69, 9.17) is 23.2 Å². The van der Waals surface area contributed by atoms with Gasteiger partial charge < -0.3 is 10.2 Å². The topological polar surface area (TPSA) is 52.7 Å². The molecule has 1 aliphatic rings. The van der Waals surface area contributed by atoms with Gasteiger partial charge in [0.25, 0.3) is 5.91 Å². The van der Waals surface area contributed by atoms with E-state index >= 15 is 0 Å². The number of hydrogen-bond donors (Lipinski definition) is 1. The van der Waals surface area contributed by atoms with Crippen LogP contribution in [0.2, 0.25) is 10.0 Å². The number of amides is 2. The Morgan fingerprint density at radius 1 is 0.963 bits per heavy atom. The molecule has 0 spiro atoms. The molecule has 0 saturated carbocycles. The van der Waals surface area contributed by atoms with E-state index in [1.54, 1.807) is 23.1 Å². The maximum Gasteiger partial charge on any atom is 0.255 e. The summed E-state index contributed by atoms with van der Waals surface area (Å²) < 4.78 is 0. The number of rotatable bonds is 5. The molecule has 0 unspecified atom stereocenters. The molecule has 0 bridgehead atoms. The second-order valence-corrected chi connectivity index (χ2v) is 7.30. The molecule has 27 heavy (non-hydrogen) atoms. The lowest BCUT2D eigenvalue weighted by Gasteiger charge is -2.34. The average molecular weight is 406 g/mol. The van der Waals surface area contributed by atoms with Crippen molar-refractivity contribution in [3.05, 3.63) is 69.7 Å². The van der Waals surface area contributed by atoms with Gasteiger partial charge in [-0.2, -0.15) is 0 Å². The second kappa shape index (κ2) is 9.22. The number of nitrogens with one attached hydrogen (secondary N) is 1. The minimum absolute atomic E-state index is 0.0145. The van der Waals surface area contributed by atoms with Crippen molar-refractivity contribution in [2.45, 2.75) is 6.54 Å². The largest absolute Gasteiger partial charge is 0.351 e. The highest BCUT2D eigenvalue weighted by Gasteiger charge is 2.24. The third kappa shape index (κ3) is 5.45. The molecule has 1 aliphatic heterocycles. The lowest BCUT2D eigenvalue weighted by Crippen LogP contribution is -2.51. The SMILES string of the molecule is O=C(CN1CCN(C(=O)c2ccc(Cl)cc2Cl)CC1)NCc1ccccc1. The molecular weight excluding hydrogens is 385 g/mol. The van der Waals surface area contributed by atoms with Crippen LogP contribution in [-0.4, -0.2) is 54.3 Å². The Bertz CT molecular complexity index is 806. The number of piperazine rings is 1. The molecule has 0 aliphatic carbocycles. The van der Waals surface area contributed by atoms with Crippen LogP contribution in [-0.2, 0) is 11.3 Å². The van der Waals surface area contributed by atoms with Gasteiger partial charge in [-0.15, -0.1) is 0 Å². The van der Waals surface area contributed by atoms with Gasteiger partial charge in [0, 0.05) is 37.7 Å². The van der Waals surface area contributed by atoms with Gasteiger partial charge in [-0.05, 0) is 23.8 Å². The first kappa shape index (κ1) is 19.7. The fourth-order valence-corrected chi connectivity index (χ4v) is 3.49. The van der Waals surface area contributed by atoms with Gasteiger partial charge in [0.2, 0.25) is 5.91 Å². The van der Waals surface area contributed by atoms with Crippen LogP contribution in [0.15, 0.2) is 48.5 Å². The van der Waals surface area contributed by atoms with E-state index in [9.17, 15) is 9.59 Å². The second-order valence-electron chi connectivity index (χ2n) is 6.45. The fraction of sp³-hybridized carbons (Fsp3) is 0.300. The maximum atomic E-state index is 12.6. The first-order chi connectivity index (χ1) is 13.0. The molecule has 1 heterocycles. The van der Waals surface area contributed by atoms with Crippen molar-refractivity contribution in [2.24, 2.45) is 0 Å². The van der Waals surface area contributed by atoms with E-state index in [1.165, 1.54) is 0 Å². The summed E-state index contributed by atoms with van der Waals surface area (Å²) in [5.74, 6) is -0.121. The van der Waals surface area contributed by atoms with Crippen LogP contribution in [0, 0.1) is 0 Å². The first-order valence-corrected chi connectivity index (χ1v) is 9.56. The van der Waals surface area contributed by atoms with Crippen molar-refractivity contribution < 1.29 is 9.59 Å². The molecule has 0 atom stereocenters. The molecule has 0 aromatic heterocycles. The summed E-state index contributed by atoms with van der Waals surface area (Å²) in [5, 5.41) is 3.79. The first-order valence-electron chi connectivity index (χ1n) is 8.80. The Morgan fingerprint density at radius 3 is 2.33 bits per heavy atom. The number of carbonyl (C=O) groups is 2. The van der Waals surface area contributed by atoms with E-state index in [0.29, 0.717) is 54.9 Å². The maximum absolute atomic E-state index is 12.6. The summed E-state index contributed by atoms with van der Waals surface area (Å²) in [7, 11) is 0. The summed E-state index contributed by atoms with van der Waals surface area (Å²) in [5.41, 5.74) is 1.52. The van der Waals surface area contributed by atoms with Crippen LogP contribution >= 0.6 is 23.2 Å². The summed E-state index contributed by atoms with van der Waals surface area (Å²) in [6, 6.07) is 14.7. The quantitative estimate of drug-likeness (QED) is 0.831. The Kier molecular flexibility index (Phi) is 6.72. The van der Waals surface area contributed by atoms with Crippen LogP contribution in [0.1, 0.15) is 15.9 Å². The smallest absolute Gasteiger partial charge is 0.255 e. The third-order valence-electron chi connectivity index (χ3n) is 4.52. The van der Waals surface area contributed by atoms with Crippen molar-refractivity contribution in [1.29, 1.82) is 0 Å². The van der Waals surface area contributed by atoms with Gasteiger partial charge in [0.15, 0.2) is 0 Å². The zero-order valence-corrected chi connectivity index (χ0v) is 16.3. The summed E-state index contributed by atoms with van der Waals surface area (Å²) in [6.45, 7) is 3.27. The molecule has 1 saturated heterocycles. The molecule has 0 radical (unpaired) electrons.